The number of alkyl halides is 1. The Morgan fingerprint density at radius 2 is 2.54 bits per heavy atom. The highest BCUT2D eigenvalue weighted by Gasteiger charge is 1.97. The van der Waals surface area contributed by atoms with Gasteiger partial charge in [0.05, 0.1) is 0 Å². The summed E-state index contributed by atoms with van der Waals surface area (Å²) >= 11 is 6.96. The standard InChI is InChI=1S/C8H9ClN2OS/c1-6(4-9)5-13-8-10-3-2-7(12)11-8/h2-3H,1,4-5H2,(H,10,11,12). The zero-order valence-electron chi connectivity index (χ0n) is 6.92. The van der Waals surface area contributed by atoms with Crippen LogP contribution in [0.3, 0.4) is 0 Å². The maximum atomic E-state index is 10.8. The highest BCUT2D eigenvalue weighted by Crippen LogP contribution is 2.13. The minimum atomic E-state index is -0.144. The Morgan fingerprint density at radius 3 is 3.15 bits per heavy atom. The Balaban J connectivity index is 2.55. The molecule has 1 rings (SSSR count). The zero-order chi connectivity index (χ0) is 9.68. The van der Waals surface area contributed by atoms with Gasteiger partial charge in [0.25, 0.3) is 5.56 Å². The number of H-pyrrole nitrogens is 1. The molecule has 0 atom stereocenters. The normalized spacial score (nSPS) is 9.92. The van der Waals surface area contributed by atoms with Gasteiger partial charge in [-0.2, -0.15) is 0 Å². The average Bonchev–Trinajstić information content (AvgIpc) is 2.14. The smallest absolute Gasteiger partial charge is 0.251 e. The molecule has 3 nitrogen and oxygen atoms in total. The molecule has 5 heteroatoms. The molecule has 0 aliphatic rings. The predicted molar refractivity (Wildman–Crippen MR) is 55.4 cm³/mol. The van der Waals surface area contributed by atoms with Crippen LogP contribution in [-0.4, -0.2) is 21.6 Å². The third-order valence-corrected chi connectivity index (χ3v) is 2.66. The van der Waals surface area contributed by atoms with E-state index < -0.39 is 0 Å². The molecule has 0 saturated heterocycles. The molecule has 1 aromatic rings. The van der Waals surface area contributed by atoms with E-state index in [2.05, 4.69) is 16.5 Å². The minimum absolute atomic E-state index is 0.144. The molecule has 13 heavy (non-hydrogen) atoms. The Bertz CT molecular complexity index is 350. The second-order valence-electron chi connectivity index (χ2n) is 2.41. The summed E-state index contributed by atoms with van der Waals surface area (Å²) in [4.78, 5) is 17.4. The van der Waals surface area contributed by atoms with Gasteiger partial charge in [-0.15, -0.1) is 11.6 Å². The molecular weight excluding hydrogens is 208 g/mol. The number of nitrogens with zero attached hydrogens (tertiary/aromatic N) is 1. The van der Waals surface area contributed by atoms with Crippen molar-refractivity contribution in [3.63, 3.8) is 0 Å². The molecule has 1 heterocycles. The van der Waals surface area contributed by atoms with Crippen LogP contribution in [0, 0.1) is 0 Å². The van der Waals surface area contributed by atoms with Crippen LogP contribution in [0.1, 0.15) is 0 Å². The largest absolute Gasteiger partial charge is 0.301 e. The number of aromatic nitrogens is 2. The van der Waals surface area contributed by atoms with Crippen molar-refractivity contribution in [2.45, 2.75) is 5.16 Å². The van der Waals surface area contributed by atoms with Crippen LogP contribution in [0.2, 0.25) is 0 Å². The van der Waals surface area contributed by atoms with E-state index >= 15 is 0 Å². The van der Waals surface area contributed by atoms with Crippen molar-refractivity contribution >= 4 is 23.4 Å². The Labute approximate surface area is 85.2 Å². The van der Waals surface area contributed by atoms with Gasteiger partial charge >= 0.3 is 0 Å². The first kappa shape index (κ1) is 10.3. The number of halogens is 1. The highest BCUT2D eigenvalue weighted by molar-refractivity contribution is 7.99. The second kappa shape index (κ2) is 5.09. The molecule has 0 aliphatic carbocycles. The van der Waals surface area contributed by atoms with Crippen LogP contribution in [0.5, 0.6) is 0 Å². The lowest BCUT2D eigenvalue weighted by molar-refractivity contribution is 0.938. The number of rotatable bonds is 4. The molecular formula is C8H9ClN2OS. The fourth-order valence-corrected chi connectivity index (χ4v) is 1.59. The van der Waals surface area contributed by atoms with Crippen LogP contribution in [0.25, 0.3) is 0 Å². The monoisotopic (exact) mass is 216 g/mol. The third kappa shape index (κ3) is 3.65. The predicted octanol–water partition coefficient (Wildman–Crippen LogP) is 1.66. The van der Waals surface area contributed by atoms with Gasteiger partial charge in [-0.1, -0.05) is 23.9 Å². The molecule has 0 spiro atoms. The summed E-state index contributed by atoms with van der Waals surface area (Å²) in [5.41, 5.74) is 0.771. The van der Waals surface area contributed by atoms with E-state index in [4.69, 9.17) is 11.6 Å². The van der Waals surface area contributed by atoms with E-state index in [-0.39, 0.29) is 5.56 Å². The Morgan fingerprint density at radius 1 is 1.77 bits per heavy atom. The topological polar surface area (TPSA) is 45.8 Å². The minimum Gasteiger partial charge on any atom is -0.301 e. The van der Waals surface area contributed by atoms with Crippen molar-refractivity contribution in [1.29, 1.82) is 0 Å². The van der Waals surface area contributed by atoms with Gasteiger partial charge in [0.1, 0.15) is 0 Å². The lowest BCUT2D eigenvalue weighted by Gasteiger charge is -1.99. The maximum absolute atomic E-state index is 10.8. The lowest BCUT2D eigenvalue weighted by atomic mass is 10.4. The number of hydrogen-bond acceptors (Lipinski definition) is 3. The van der Waals surface area contributed by atoms with Crippen LogP contribution < -0.4 is 5.56 Å². The van der Waals surface area contributed by atoms with Gasteiger partial charge in [-0.25, -0.2) is 4.98 Å². The molecule has 0 fully saturated rings. The van der Waals surface area contributed by atoms with E-state index in [1.165, 1.54) is 24.0 Å². The molecule has 0 saturated carbocycles. The first-order valence-electron chi connectivity index (χ1n) is 3.63. The van der Waals surface area contributed by atoms with E-state index in [1.807, 2.05) is 0 Å². The molecule has 0 aromatic carbocycles. The van der Waals surface area contributed by atoms with Crippen molar-refractivity contribution in [3.8, 4) is 0 Å². The van der Waals surface area contributed by atoms with Crippen molar-refractivity contribution < 1.29 is 0 Å². The van der Waals surface area contributed by atoms with Gasteiger partial charge in [-0.05, 0) is 0 Å². The number of thioether (sulfide) groups is 1. The summed E-state index contributed by atoms with van der Waals surface area (Å²) in [6, 6.07) is 1.38. The van der Waals surface area contributed by atoms with Crippen LogP contribution in [0.4, 0.5) is 0 Å². The summed E-state index contributed by atoms with van der Waals surface area (Å²) in [5.74, 6) is 1.11. The molecule has 0 unspecified atom stereocenters. The van der Waals surface area contributed by atoms with Gasteiger partial charge in [-0.3, -0.25) is 4.79 Å². The summed E-state index contributed by atoms with van der Waals surface area (Å²) in [5, 5.41) is 0.596. The SMILES string of the molecule is C=C(CCl)CSc1nccc(=O)[nH]1. The van der Waals surface area contributed by atoms with Gasteiger partial charge in [0.2, 0.25) is 0 Å². The first-order chi connectivity index (χ1) is 6.22. The molecule has 0 radical (unpaired) electrons. The van der Waals surface area contributed by atoms with Gasteiger partial charge in [0, 0.05) is 23.9 Å². The van der Waals surface area contributed by atoms with Gasteiger partial charge < -0.3 is 4.98 Å². The van der Waals surface area contributed by atoms with Gasteiger partial charge in [0.15, 0.2) is 5.16 Å². The Hall–Kier alpha value is -0.740. The van der Waals surface area contributed by atoms with E-state index in [1.54, 1.807) is 0 Å². The van der Waals surface area contributed by atoms with E-state index in [9.17, 15) is 4.79 Å². The molecule has 0 aliphatic heterocycles. The first-order valence-corrected chi connectivity index (χ1v) is 5.15. The highest BCUT2D eigenvalue weighted by atomic mass is 35.5. The summed E-state index contributed by atoms with van der Waals surface area (Å²) < 4.78 is 0. The lowest BCUT2D eigenvalue weighted by Crippen LogP contribution is -2.05. The molecule has 0 amide bonds. The van der Waals surface area contributed by atoms with Crippen molar-refractivity contribution in [1.82, 2.24) is 9.97 Å². The fraction of sp³-hybridized carbons (Fsp3) is 0.250. The maximum Gasteiger partial charge on any atom is 0.251 e. The Kier molecular flexibility index (Phi) is 4.05. The molecule has 1 N–H and O–H groups in total. The molecule has 1 aromatic heterocycles. The van der Waals surface area contributed by atoms with Crippen molar-refractivity contribution in [2.75, 3.05) is 11.6 Å². The number of nitrogens with one attached hydrogen (secondary N) is 1. The van der Waals surface area contributed by atoms with E-state index in [0.717, 1.165) is 5.57 Å². The van der Waals surface area contributed by atoms with Crippen LogP contribution in [-0.2, 0) is 0 Å². The second-order valence-corrected chi connectivity index (χ2v) is 3.64. The zero-order valence-corrected chi connectivity index (χ0v) is 8.49. The molecule has 0 bridgehead atoms. The summed E-state index contributed by atoms with van der Waals surface area (Å²) in [6.45, 7) is 3.74. The van der Waals surface area contributed by atoms with Crippen LogP contribution >= 0.6 is 23.4 Å². The number of hydrogen-bond donors (Lipinski definition) is 1. The van der Waals surface area contributed by atoms with Crippen LogP contribution in [0.15, 0.2) is 34.4 Å². The fourth-order valence-electron chi connectivity index (χ4n) is 0.634. The number of aromatic amines is 1. The molecule has 70 valence electrons. The average molecular weight is 217 g/mol. The third-order valence-electron chi connectivity index (χ3n) is 1.25. The summed E-state index contributed by atoms with van der Waals surface area (Å²) in [7, 11) is 0. The van der Waals surface area contributed by atoms with Crippen molar-refractivity contribution in [2.24, 2.45) is 0 Å². The quantitative estimate of drug-likeness (QED) is 0.360. The van der Waals surface area contributed by atoms with Crippen molar-refractivity contribution in [3.05, 3.63) is 34.8 Å². The van der Waals surface area contributed by atoms with E-state index in [0.29, 0.717) is 16.8 Å². The summed E-state index contributed by atoms with van der Waals surface area (Å²) in [6.07, 6.45) is 1.48.